The Bertz CT molecular complexity index is 383. The summed E-state index contributed by atoms with van der Waals surface area (Å²) in [5, 5.41) is 0. The van der Waals surface area contributed by atoms with Crippen molar-refractivity contribution in [3.63, 3.8) is 0 Å². The van der Waals surface area contributed by atoms with Gasteiger partial charge in [0.15, 0.2) is 0 Å². The van der Waals surface area contributed by atoms with Gasteiger partial charge in [-0.2, -0.15) is 13.2 Å². The second-order valence-corrected chi connectivity index (χ2v) is 3.93. The molecule has 1 aliphatic rings. The smallest absolute Gasteiger partial charge is 0.342 e. The van der Waals surface area contributed by atoms with Gasteiger partial charge in [0.25, 0.3) is 0 Å². The molecule has 17 heavy (non-hydrogen) atoms. The Morgan fingerprint density at radius 2 is 1.65 bits per heavy atom. The highest BCUT2D eigenvalue weighted by Gasteiger charge is 2.38. The zero-order valence-electron chi connectivity index (χ0n) is 8.76. The fourth-order valence-electron chi connectivity index (χ4n) is 1.69. The summed E-state index contributed by atoms with van der Waals surface area (Å²) in [6.45, 7) is 0.765. The van der Waals surface area contributed by atoms with Crippen LogP contribution in [0.3, 0.4) is 0 Å². The van der Waals surface area contributed by atoms with Gasteiger partial charge in [0.1, 0.15) is 0 Å². The molecule has 0 aliphatic carbocycles. The van der Waals surface area contributed by atoms with E-state index in [0.29, 0.717) is 18.8 Å². The predicted octanol–water partition coefficient (Wildman–Crippen LogP) is 3.14. The van der Waals surface area contributed by atoms with Gasteiger partial charge in [-0.25, -0.2) is 0 Å². The lowest BCUT2D eigenvalue weighted by atomic mass is 10.0. The molecule has 1 aromatic rings. The first-order chi connectivity index (χ1) is 7.98. The predicted molar refractivity (Wildman–Crippen MR) is 55.7 cm³/mol. The number of hydrogen-bond acceptors (Lipinski definition) is 2. The quantitative estimate of drug-likeness (QED) is 0.766. The van der Waals surface area contributed by atoms with E-state index in [1.165, 1.54) is 12.1 Å². The molecule has 0 aromatic heterocycles. The van der Waals surface area contributed by atoms with E-state index in [-0.39, 0.29) is 5.88 Å². The Morgan fingerprint density at radius 1 is 1.12 bits per heavy atom. The molecule has 0 bridgehead atoms. The highest BCUT2D eigenvalue weighted by Crippen LogP contribution is 2.35. The summed E-state index contributed by atoms with van der Waals surface area (Å²) in [6, 6.07) is 4.65. The van der Waals surface area contributed by atoms with Crippen molar-refractivity contribution in [3.05, 3.63) is 35.4 Å². The number of hydrogen-bond donors (Lipinski definition) is 0. The number of alkyl halides is 4. The molecule has 0 N–H and O–H groups in total. The summed E-state index contributed by atoms with van der Waals surface area (Å²) in [6.07, 6.45) is -4.34. The summed E-state index contributed by atoms with van der Waals surface area (Å²) in [5.41, 5.74) is -0.207. The number of rotatable bonds is 2. The molecule has 1 aliphatic heterocycles. The average Bonchev–Trinajstić information content (AvgIpc) is 2.78. The molecule has 1 fully saturated rings. The summed E-state index contributed by atoms with van der Waals surface area (Å²) in [4.78, 5) is 0. The second kappa shape index (κ2) is 4.48. The van der Waals surface area contributed by atoms with Crippen LogP contribution in [0.1, 0.15) is 11.1 Å². The van der Waals surface area contributed by atoms with Crippen molar-refractivity contribution in [1.29, 1.82) is 0 Å². The molecule has 0 saturated carbocycles. The maximum absolute atomic E-state index is 12.4. The van der Waals surface area contributed by atoms with Crippen molar-refractivity contribution < 1.29 is 22.6 Å². The number of benzene rings is 1. The lowest BCUT2D eigenvalue weighted by Crippen LogP contribution is -2.29. The third kappa shape index (κ3) is 2.41. The normalized spacial score (nSPS) is 19.5. The molecule has 1 saturated heterocycles. The van der Waals surface area contributed by atoms with Gasteiger partial charge < -0.3 is 9.47 Å². The fraction of sp³-hybridized carbons (Fsp3) is 0.455. The fourth-order valence-corrected chi connectivity index (χ4v) is 2.00. The second-order valence-electron chi connectivity index (χ2n) is 3.66. The summed E-state index contributed by atoms with van der Waals surface area (Å²) >= 11 is 5.76. The van der Waals surface area contributed by atoms with Crippen molar-refractivity contribution in [1.82, 2.24) is 0 Å². The first kappa shape index (κ1) is 12.7. The Balaban J connectivity index is 2.28. The number of halogens is 4. The van der Waals surface area contributed by atoms with Gasteiger partial charge in [-0.15, -0.1) is 11.6 Å². The molecule has 0 atom stereocenters. The zero-order valence-corrected chi connectivity index (χ0v) is 9.52. The third-order valence-electron chi connectivity index (χ3n) is 2.58. The Hall–Kier alpha value is -0.780. The molecule has 1 aromatic carbocycles. The Morgan fingerprint density at radius 3 is 2.06 bits per heavy atom. The minimum atomic E-state index is -4.34. The molecular weight excluding hydrogens is 257 g/mol. The van der Waals surface area contributed by atoms with Gasteiger partial charge in [-0.1, -0.05) is 12.1 Å². The molecule has 0 radical (unpaired) electrons. The van der Waals surface area contributed by atoms with E-state index < -0.39 is 17.5 Å². The topological polar surface area (TPSA) is 18.5 Å². The molecule has 0 spiro atoms. The first-order valence-electron chi connectivity index (χ1n) is 4.99. The third-order valence-corrected chi connectivity index (χ3v) is 2.93. The van der Waals surface area contributed by atoms with Crippen molar-refractivity contribution in [2.45, 2.75) is 12.0 Å². The van der Waals surface area contributed by atoms with Crippen molar-refractivity contribution in [2.24, 2.45) is 0 Å². The van der Waals surface area contributed by atoms with Gasteiger partial charge in [-0.3, -0.25) is 0 Å². The minimum absolute atomic E-state index is 0.0400. The first-order valence-corrected chi connectivity index (χ1v) is 5.53. The van der Waals surface area contributed by atoms with Gasteiger partial charge in [0.05, 0.1) is 24.7 Å². The van der Waals surface area contributed by atoms with Crippen LogP contribution in [0.2, 0.25) is 0 Å². The lowest BCUT2D eigenvalue weighted by molar-refractivity contribution is -0.147. The molecule has 2 rings (SSSR count). The molecule has 6 heteroatoms. The van der Waals surface area contributed by atoms with Crippen LogP contribution in [0.4, 0.5) is 13.2 Å². The van der Waals surface area contributed by atoms with Gasteiger partial charge in [0.2, 0.25) is 5.79 Å². The van der Waals surface area contributed by atoms with Gasteiger partial charge in [-0.05, 0) is 12.1 Å². The highest BCUT2D eigenvalue weighted by atomic mass is 35.5. The van der Waals surface area contributed by atoms with Crippen molar-refractivity contribution in [3.8, 4) is 0 Å². The molecule has 0 amide bonds. The number of ether oxygens (including phenoxy) is 2. The highest BCUT2D eigenvalue weighted by molar-refractivity contribution is 6.18. The van der Waals surface area contributed by atoms with Crippen LogP contribution in [-0.4, -0.2) is 19.1 Å². The van der Waals surface area contributed by atoms with Crippen LogP contribution in [0.15, 0.2) is 24.3 Å². The van der Waals surface area contributed by atoms with Crippen LogP contribution in [0, 0.1) is 0 Å². The summed E-state index contributed by atoms with van der Waals surface area (Å²) in [7, 11) is 0. The maximum Gasteiger partial charge on any atom is 0.416 e. The van der Waals surface area contributed by atoms with E-state index in [2.05, 4.69) is 0 Å². The van der Waals surface area contributed by atoms with E-state index in [1.54, 1.807) is 0 Å². The maximum atomic E-state index is 12.4. The van der Waals surface area contributed by atoms with Gasteiger partial charge >= 0.3 is 6.18 Å². The molecular formula is C11H10ClF3O2. The minimum Gasteiger partial charge on any atom is -0.342 e. The molecule has 2 nitrogen and oxygen atoms in total. The van der Waals surface area contributed by atoms with Crippen LogP contribution in [0.5, 0.6) is 0 Å². The van der Waals surface area contributed by atoms with E-state index in [9.17, 15) is 13.2 Å². The molecule has 1 heterocycles. The SMILES string of the molecule is FC(F)(F)c1ccc(C2(CCl)OCCO2)cc1. The molecule has 94 valence electrons. The van der Waals surface area contributed by atoms with E-state index in [1.807, 2.05) is 0 Å². The van der Waals surface area contributed by atoms with Crippen molar-refractivity contribution in [2.75, 3.05) is 19.1 Å². The summed E-state index contributed by atoms with van der Waals surface area (Å²) < 4.78 is 47.9. The van der Waals surface area contributed by atoms with Crippen molar-refractivity contribution >= 4 is 11.6 Å². The summed E-state index contributed by atoms with van der Waals surface area (Å²) in [5.74, 6) is -1.07. The van der Waals surface area contributed by atoms with Crippen LogP contribution in [-0.2, 0) is 21.4 Å². The zero-order chi connectivity index (χ0) is 12.5. The van der Waals surface area contributed by atoms with Crippen LogP contribution >= 0.6 is 11.6 Å². The standard InChI is InChI=1S/C11H10ClF3O2/c12-7-10(16-5-6-17-10)8-1-3-9(4-2-8)11(13,14)15/h1-4H,5-7H2. The van der Waals surface area contributed by atoms with E-state index >= 15 is 0 Å². The van der Waals surface area contributed by atoms with Crippen LogP contribution in [0.25, 0.3) is 0 Å². The monoisotopic (exact) mass is 266 g/mol. The average molecular weight is 267 g/mol. The van der Waals surface area contributed by atoms with E-state index in [0.717, 1.165) is 12.1 Å². The van der Waals surface area contributed by atoms with E-state index in [4.69, 9.17) is 21.1 Å². The van der Waals surface area contributed by atoms with Gasteiger partial charge in [0, 0.05) is 5.56 Å². The molecule has 0 unspecified atom stereocenters. The Labute approximate surface area is 101 Å². The Kier molecular flexibility index (Phi) is 3.34. The van der Waals surface area contributed by atoms with Crippen LogP contribution < -0.4 is 0 Å². The largest absolute Gasteiger partial charge is 0.416 e. The lowest BCUT2D eigenvalue weighted by Gasteiger charge is -2.25.